The van der Waals surface area contributed by atoms with E-state index in [2.05, 4.69) is 4.98 Å². The molecule has 1 saturated heterocycles. The lowest BCUT2D eigenvalue weighted by molar-refractivity contribution is -0.138. The van der Waals surface area contributed by atoms with E-state index >= 15 is 0 Å². The number of benzene rings is 1. The molecular formula is C22H23ClF6N2O3S. The second-order valence-corrected chi connectivity index (χ2v) is 11.3. The first-order chi connectivity index (χ1) is 15.5. The monoisotopic (exact) mass is 544 g/mol. The van der Waals surface area contributed by atoms with Crippen molar-refractivity contribution in [1.82, 2.24) is 4.98 Å². The third-order valence-corrected chi connectivity index (χ3v) is 8.85. The second kappa shape index (κ2) is 9.61. The summed E-state index contributed by atoms with van der Waals surface area (Å²) < 4.78 is 103. The lowest BCUT2D eigenvalue weighted by Gasteiger charge is -2.39. The van der Waals surface area contributed by atoms with Crippen LogP contribution in [0.3, 0.4) is 0 Å². The van der Waals surface area contributed by atoms with Crippen LogP contribution in [0.25, 0.3) is 0 Å². The molecule has 2 aromatic rings. The van der Waals surface area contributed by atoms with Gasteiger partial charge in [0.15, 0.2) is 15.7 Å². The van der Waals surface area contributed by atoms with E-state index < -0.39 is 59.8 Å². The molecule has 0 unspecified atom stereocenters. The number of pyridine rings is 1. The molecule has 0 spiro atoms. The van der Waals surface area contributed by atoms with Crippen molar-refractivity contribution >= 4 is 33.2 Å². The predicted octanol–water partition coefficient (Wildman–Crippen LogP) is 6.40. The first-order valence-electron chi connectivity index (χ1n) is 9.91. The van der Waals surface area contributed by atoms with E-state index in [-0.39, 0.29) is 32.6 Å². The fourth-order valence-electron chi connectivity index (χ4n) is 3.80. The zero-order valence-corrected chi connectivity index (χ0v) is 19.4. The van der Waals surface area contributed by atoms with Crippen LogP contribution in [0.2, 0.25) is 5.02 Å². The molecule has 1 atom stereocenters. The summed E-state index contributed by atoms with van der Waals surface area (Å²) in [5.41, 5.74) is -2.20. The summed E-state index contributed by atoms with van der Waals surface area (Å²) >= 11 is 5.92. The molecule has 1 fully saturated rings. The summed E-state index contributed by atoms with van der Waals surface area (Å²) in [4.78, 5) is 17.0. The van der Waals surface area contributed by atoms with Gasteiger partial charge in [-0.25, -0.2) is 13.4 Å². The normalized spacial score (nSPS) is 17.8. The Morgan fingerprint density at radius 2 is 1.63 bits per heavy atom. The zero-order chi connectivity index (χ0) is 25.7. The first kappa shape index (κ1) is 28.9. The molecular weight excluding hydrogens is 522 g/mol. The van der Waals surface area contributed by atoms with Crippen LogP contribution >= 0.6 is 11.6 Å². The maximum atomic E-state index is 13.2. The van der Waals surface area contributed by atoms with E-state index in [1.54, 1.807) is 0 Å². The Kier molecular flexibility index (Phi) is 7.93. The standard InChI is InChI=1S/C21H19ClF6N2O3S.CH4/c1-19(2,34(32,33)15-5-3-4-13(8-15)20(23,24)25)12-6-7-30(17(31)10-12)18-16(22)9-14(11-29-18)21(26,27)28;/h3-5,8-9,11-12H,6-7,10H2,1-2H3;1H4/t12-;/m0./s1. The predicted molar refractivity (Wildman–Crippen MR) is 119 cm³/mol. The zero-order valence-electron chi connectivity index (χ0n) is 17.8. The van der Waals surface area contributed by atoms with Crippen molar-refractivity contribution in [1.29, 1.82) is 0 Å². The molecule has 2 heterocycles. The number of amides is 1. The summed E-state index contributed by atoms with van der Waals surface area (Å²) in [5, 5.41) is -0.391. The summed E-state index contributed by atoms with van der Waals surface area (Å²) in [6.45, 7) is 2.59. The van der Waals surface area contributed by atoms with Crippen molar-refractivity contribution < 1.29 is 39.6 Å². The van der Waals surface area contributed by atoms with Crippen LogP contribution in [0.5, 0.6) is 0 Å². The number of carbonyl (C=O) groups excluding carboxylic acids is 1. The molecule has 35 heavy (non-hydrogen) atoms. The number of hydrogen-bond acceptors (Lipinski definition) is 4. The number of rotatable bonds is 4. The van der Waals surface area contributed by atoms with E-state index in [1.807, 2.05) is 0 Å². The lowest BCUT2D eigenvalue weighted by atomic mass is 9.85. The van der Waals surface area contributed by atoms with Crippen LogP contribution in [-0.2, 0) is 27.0 Å². The highest BCUT2D eigenvalue weighted by molar-refractivity contribution is 7.92. The first-order valence-corrected chi connectivity index (χ1v) is 11.8. The summed E-state index contributed by atoms with van der Waals surface area (Å²) in [6.07, 6.45) is -9.07. The van der Waals surface area contributed by atoms with E-state index in [0.717, 1.165) is 23.1 Å². The molecule has 1 aromatic carbocycles. The van der Waals surface area contributed by atoms with Crippen molar-refractivity contribution in [3.8, 4) is 0 Å². The smallest absolute Gasteiger partial charge is 0.296 e. The van der Waals surface area contributed by atoms with Gasteiger partial charge < -0.3 is 0 Å². The Morgan fingerprint density at radius 3 is 2.14 bits per heavy atom. The molecule has 3 rings (SSSR count). The number of sulfone groups is 1. The number of anilines is 1. The molecule has 0 aliphatic carbocycles. The lowest BCUT2D eigenvalue weighted by Crippen LogP contribution is -2.49. The molecule has 1 aliphatic rings. The van der Waals surface area contributed by atoms with Gasteiger partial charge in [0, 0.05) is 19.2 Å². The minimum absolute atomic E-state index is 0. The van der Waals surface area contributed by atoms with Crippen molar-refractivity contribution in [2.45, 2.75) is 56.1 Å². The van der Waals surface area contributed by atoms with Gasteiger partial charge in [-0.15, -0.1) is 0 Å². The highest BCUT2D eigenvalue weighted by Crippen LogP contribution is 2.41. The maximum Gasteiger partial charge on any atom is 0.417 e. The van der Waals surface area contributed by atoms with Gasteiger partial charge in [-0.3, -0.25) is 9.69 Å². The highest BCUT2D eigenvalue weighted by Gasteiger charge is 2.47. The van der Waals surface area contributed by atoms with Gasteiger partial charge in [0.25, 0.3) is 0 Å². The molecule has 13 heteroatoms. The van der Waals surface area contributed by atoms with Crippen LogP contribution in [0.15, 0.2) is 41.4 Å². The third kappa shape index (κ3) is 5.58. The number of carbonyl (C=O) groups is 1. The topological polar surface area (TPSA) is 67.3 Å². The molecule has 5 nitrogen and oxygen atoms in total. The van der Waals surface area contributed by atoms with E-state index in [9.17, 15) is 39.6 Å². The van der Waals surface area contributed by atoms with Gasteiger partial charge in [0.1, 0.15) is 0 Å². The van der Waals surface area contributed by atoms with E-state index in [0.29, 0.717) is 18.3 Å². The average molecular weight is 545 g/mol. The number of piperidine rings is 1. The largest absolute Gasteiger partial charge is 0.417 e. The third-order valence-electron chi connectivity index (χ3n) is 5.98. The molecule has 0 N–H and O–H groups in total. The minimum Gasteiger partial charge on any atom is -0.296 e. The van der Waals surface area contributed by atoms with Crippen LogP contribution in [-0.4, -0.2) is 30.6 Å². The van der Waals surface area contributed by atoms with Crippen molar-refractivity contribution in [2.24, 2.45) is 5.92 Å². The van der Waals surface area contributed by atoms with Crippen LogP contribution in [0.1, 0.15) is 45.2 Å². The summed E-state index contributed by atoms with van der Waals surface area (Å²) in [5.74, 6) is -1.57. The SMILES string of the molecule is C.CC(C)([C@H]1CCN(c2ncc(C(F)(F)F)cc2Cl)C(=O)C1)S(=O)(=O)c1cccc(C(F)(F)F)c1. The van der Waals surface area contributed by atoms with Gasteiger partial charge in [0.2, 0.25) is 5.91 Å². The van der Waals surface area contributed by atoms with Gasteiger partial charge >= 0.3 is 12.4 Å². The van der Waals surface area contributed by atoms with Crippen LogP contribution in [0, 0.1) is 5.92 Å². The fraction of sp³-hybridized carbons (Fsp3) is 0.455. The Bertz CT molecular complexity index is 1210. The number of aromatic nitrogens is 1. The van der Waals surface area contributed by atoms with Gasteiger partial charge in [-0.1, -0.05) is 25.1 Å². The molecule has 1 amide bonds. The second-order valence-electron chi connectivity index (χ2n) is 8.39. The number of nitrogens with zero attached hydrogens (tertiary/aromatic N) is 2. The average Bonchev–Trinajstić information content (AvgIpc) is 2.72. The number of alkyl halides is 6. The van der Waals surface area contributed by atoms with Crippen LogP contribution < -0.4 is 4.90 Å². The Hall–Kier alpha value is -2.34. The van der Waals surface area contributed by atoms with Gasteiger partial charge in [0.05, 0.1) is 25.8 Å². The fourth-order valence-corrected chi connectivity index (χ4v) is 5.85. The minimum atomic E-state index is -4.73. The summed E-state index contributed by atoms with van der Waals surface area (Å²) in [6, 6.07) is 4.02. The summed E-state index contributed by atoms with van der Waals surface area (Å²) in [7, 11) is -4.29. The maximum absolute atomic E-state index is 13.2. The molecule has 1 aromatic heterocycles. The molecule has 194 valence electrons. The Balaban J connectivity index is 0.00000432. The number of halogens is 7. The quantitative estimate of drug-likeness (QED) is 0.418. The van der Waals surface area contributed by atoms with Crippen molar-refractivity contribution in [3.05, 3.63) is 52.7 Å². The molecule has 0 saturated carbocycles. The van der Waals surface area contributed by atoms with Crippen LogP contribution in [0.4, 0.5) is 32.2 Å². The van der Waals surface area contributed by atoms with Crippen molar-refractivity contribution in [3.63, 3.8) is 0 Å². The highest BCUT2D eigenvalue weighted by atomic mass is 35.5. The van der Waals surface area contributed by atoms with Gasteiger partial charge in [-0.05, 0) is 50.5 Å². The van der Waals surface area contributed by atoms with E-state index in [1.165, 1.54) is 13.8 Å². The Morgan fingerprint density at radius 1 is 1.03 bits per heavy atom. The van der Waals surface area contributed by atoms with Crippen molar-refractivity contribution in [2.75, 3.05) is 11.4 Å². The number of hydrogen-bond donors (Lipinski definition) is 0. The molecule has 1 aliphatic heterocycles. The molecule has 0 radical (unpaired) electrons. The molecule has 0 bridgehead atoms. The Labute approximate surface area is 204 Å². The van der Waals surface area contributed by atoms with Gasteiger partial charge in [-0.2, -0.15) is 26.3 Å². The van der Waals surface area contributed by atoms with E-state index in [4.69, 9.17) is 11.6 Å².